The van der Waals surface area contributed by atoms with Crippen molar-refractivity contribution in [3.8, 4) is 0 Å². The minimum atomic E-state index is -0.483. The van der Waals surface area contributed by atoms with E-state index in [2.05, 4.69) is 4.98 Å². The van der Waals surface area contributed by atoms with Crippen molar-refractivity contribution in [3.63, 3.8) is 0 Å². The molecule has 2 heterocycles. The van der Waals surface area contributed by atoms with Crippen LogP contribution in [0.2, 0.25) is 0 Å². The second-order valence-corrected chi connectivity index (χ2v) is 6.31. The minimum Gasteiger partial charge on any atom is -0.466 e. The summed E-state index contributed by atoms with van der Waals surface area (Å²) >= 11 is 0. The van der Waals surface area contributed by atoms with Gasteiger partial charge in [-0.15, -0.1) is 0 Å². The molecule has 0 unspecified atom stereocenters. The highest BCUT2D eigenvalue weighted by molar-refractivity contribution is 6.34. The van der Waals surface area contributed by atoms with Gasteiger partial charge in [0, 0.05) is 38.6 Å². The molecule has 2 amide bonds. The highest BCUT2D eigenvalue weighted by Crippen LogP contribution is 2.19. The van der Waals surface area contributed by atoms with Crippen molar-refractivity contribution in [2.24, 2.45) is 5.92 Å². The minimum absolute atomic E-state index is 0.178. The van der Waals surface area contributed by atoms with Crippen LogP contribution in [0.3, 0.4) is 0 Å². The lowest BCUT2D eigenvalue weighted by atomic mass is 9.97. The molecule has 0 saturated carbocycles. The number of rotatable bonds is 6. The molecule has 0 atom stereocenters. The molecule has 0 bridgehead atoms. The van der Waals surface area contributed by atoms with Gasteiger partial charge in [-0.25, -0.2) is 0 Å². The van der Waals surface area contributed by atoms with Crippen LogP contribution in [0.15, 0.2) is 24.5 Å². The number of carbonyl (C=O) groups is 3. The molecule has 26 heavy (non-hydrogen) atoms. The van der Waals surface area contributed by atoms with E-state index >= 15 is 0 Å². The van der Waals surface area contributed by atoms with Crippen molar-refractivity contribution >= 4 is 17.8 Å². The number of piperidine rings is 1. The van der Waals surface area contributed by atoms with Gasteiger partial charge in [0.05, 0.1) is 12.5 Å². The lowest BCUT2D eigenvalue weighted by Gasteiger charge is -2.32. The van der Waals surface area contributed by atoms with Crippen LogP contribution in [0.5, 0.6) is 0 Å². The molecule has 2 rings (SSSR count). The van der Waals surface area contributed by atoms with E-state index in [0.29, 0.717) is 52.0 Å². The molecular formula is C19H27N3O4. The van der Waals surface area contributed by atoms with Crippen LogP contribution in [-0.2, 0) is 25.5 Å². The van der Waals surface area contributed by atoms with Crippen LogP contribution in [0.25, 0.3) is 0 Å². The number of hydrogen-bond acceptors (Lipinski definition) is 5. The molecule has 0 aliphatic carbocycles. The smallest absolute Gasteiger partial charge is 0.312 e. The van der Waals surface area contributed by atoms with Crippen LogP contribution < -0.4 is 0 Å². The molecule has 1 saturated heterocycles. The molecule has 0 N–H and O–H groups in total. The molecule has 1 aromatic rings. The number of pyridine rings is 1. The number of hydrogen-bond donors (Lipinski definition) is 0. The predicted molar refractivity (Wildman–Crippen MR) is 96.1 cm³/mol. The Labute approximate surface area is 154 Å². The first kappa shape index (κ1) is 19.9. The maximum absolute atomic E-state index is 12.5. The van der Waals surface area contributed by atoms with E-state index in [0.717, 1.165) is 5.56 Å². The van der Waals surface area contributed by atoms with E-state index in [-0.39, 0.29) is 11.9 Å². The largest absolute Gasteiger partial charge is 0.466 e. The molecule has 1 aromatic heterocycles. The zero-order valence-corrected chi connectivity index (χ0v) is 15.5. The monoisotopic (exact) mass is 361 g/mol. The molecule has 1 aliphatic heterocycles. The van der Waals surface area contributed by atoms with Gasteiger partial charge in [-0.3, -0.25) is 19.4 Å². The lowest BCUT2D eigenvalue weighted by Crippen LogP contribution is -2.49. The fraction of sp³-hybridized carbons (Fsp3) is 0.579. The summed E-state index contributed by atoms with van der Waals surface area (Å²) in [6.07, 6.45) is 5.20. The van der Waals surface area contributed by atoms with Crippen molar-refractivity contribution in [2.45, 2.75) is 33.1 Å². The van der Waals surface area contributed by atoms with Gasteiger partial charge < -0.3 is 14.5 Å². The van der Waals surface area contributed by atoms with Gasteiger partial charge in [-0.1, -0.05) is 0 Å². The molecule has 1 fully saturated rings. The third-order valence-corrected chi connectivity index (χ3v) is 4.67. The summed E-state index contributed by atoms with van der Waals surface area (Å²) in [5, 5.41) is 0. The van der Waals surface area contributed by atoms with Crippen LogP contribution in [0.1, 0.15) is 32.3 Å². The fourth-order valence-electron chi connectivity index (χ4n) is 3.07. The van der Waals surface area contributed by atoms with E-state index in [1.807, 2.05) is 19.1 Å². The van der Waals surface area contributed by atoms with Crippen LogP contribution in [0, 0.1) is 5.92 Å². The first-order chi connectivity index (χ1) is 12.6. The van der Waals surface area contributed by atoms with Crippen LogP contribution in [0.4, 0.5) is 0 Å². The molecule has 142 valence electrons. The zero-order valence-electron chi connectivity index (χ0n) is 15.5. The summed E-state index contributed by atoms with van der Waals surface area (Å²) in [4.78, 5) is 43.9. The Balaban J connectivity index is 1.85. The maximum Gasteiger partial charge on any atom is 0.312 e. The van der Waals surface area contributed by atoms with Gasteiger partial charge in [-0.2, -0.15) is 0 Å². The lowest BCUT2D eigenvalue weighted by molar-refractivity contribution is -0.155. The Morgan fingerprint density at radius 3 is 2.42 bits per heavy atom. The number of ether oxygens (including phenoxy) is 1. The molecule has 7 nitrogen and oxygen atoms in total. The summed E-state index contributed by atoms with van der Waals surface area (Å²) in [6, 6.07) is 3.81. The Morgan fingerprint density at radius 2 is 1.85 bits per heavy atom. The second-order valence-electron chi connectivity index (χ2n) is 6.31. The van der Waals surface area contributed by atoms with Crippen LogP contribution in [-0.4, -0.2) is 65.4 Å². The van der Waals surface area contributed by atoms with Crippen molar-refractivity contribution in [1.82, 2.24) is 14.8 Å². The summed E-state index contributed by atoms with van der Waals surface area (Å²) in [7, 11) is 0. The Kier molecular flexibility index (Phi) is 7.56. The van der Waals surface area contributed by atoms with Crippen molar-refractivity contribution in [3.05, 3.63) is 30.1 Å². The van der Waals surface area contributed by atoms with Crippen molar-refractivity contribution < 1.29 is 19.1 Å². The van der Waals surface area contributed by atoms with E-state index in [9.17, 15) is 14.4 Å². The molecule has 0 aromatic carbocycles. The number of carbonyl (C=O) groups excluding carboxylic acids is 3. The third kappa shape index (κ3) is 5.28. The van der Waals surface area contributed by atoms with Gasteiger partial charge in [0.15, 0.2) is 0 Å². The number of likely N-dealkylation sites (N-methyl/N-ethyl adjacent to an activating group) is 1. The van der Waals surface area contributed by atoms with Gasteiger partial charge in [-0.05, 0) is 50.8 Å². The first-order valence-corrected chi connectivity index (χ1v) is 9.20. The Hall–Kier alpha value is -2.44. The average Bonchev–Trinajstić information content (AvgIpc) is 2.69. The maximum atomic E-state index is 12.5. The molecule has 7 heteroatoms. The zero-order chi connectivity index (χ0) is 18.9. The molecule has 0 radical (unpaired) electrons. The second kappa shape index (κ2) is 9.89. The van der Waals surface area contributed by atoms with Crippen LogP contribution >= 0.6 is 0 Å². The molecule has 1 aliphatic rings. The highest BCUT2D eigenvalue weighted by atomic mass is 16.5. The number of esters is 1. The van der Waals surface area contributed by atoms with E-state index in [1.54, 1.807) is 29.1 Å². The quantitative estimate of drug-likeness (QED) is 0.563. The first-order valence-electron chi connectivity index (χ1n) is 9.20. The summed E-state index contributed by atoms with van der Waals surface area (Å²) < 4.78 is 5.03. The highest BCUT2D eigenvalue weighted by Gasteiger charge is 2.32. The normalized spacial score (nSPS) is 14.8. The molecular weight excluding hydrogens is 334 g/mol. The number of amides is 2. The Bertz CT molecular complexity index is 612. The third-order valence-electron chi connectivity index (χ3n) is 4.67. The average molecular weight is 361 g/mol. The molecule has 0 spiro atoms. The topological polar surface area (TPSA) is 79.8 Å². The number of nitrogens with zero attached hydrogens (tertiary/aromatic N) is 3. The summed E-state index contributed by atoms with van der Waals surface area (Å²) in [6.45, 7) is 5.80. The SMILES string of the molecule is CCOC(=O)C1CCN(C(=O)C(=O)N(CC)CCc2ccncc2)CC1. The van der Waals surface area contributed by atoms with Gasteiger partial charge >= 0.3 is 17.8 Å². The van der Waals surface area contributed by atoms with Gasteiger partial charge in [0.25, 0.3) is 0 Å². The standard InChI is InChI=1S/C19H27N3O4/c1-3-21(12-7-15-5-10-20-11-6-15)17(23)18(24)22-13-8-16(9-14-22)19(25)26-4-2/h5-6,10-11,16H,3-4,7-9,12-14H2,1-2H3. The van der Waals surface area contributed by atoms with Crippen molar-refractivity contribution in [1.29, 1.82) is 0 Å². The Morgan fingerprint density at radius 1 is 1.19 bits per heavy atom. The summed E-state index contributed by atoms with van der Waals surface area (Å²) in [5.41, 5.74) is 1.08. The van der Waals surface area contributed by atoms with Gasteiger partial charge in [0.2, 0.25) is 0 Å². The summed E-state index contributed by atoms with van der Waals surface area (Å²) in [5.74, 6) is -1.35. The number of likely N-dealkylation sites (tertiary alicyclic amines) is 1. The fourth-order valence-corrected chi connectivity index (χ4v) is 3.07. The number of aromatic nitrogens is 1. The van der Waals surface area contributed by atoms with E-state index in [4.69, 9.17) is 4.74 Å². The van der Waals surface area contributed by atoms with E-state index < -0.39 is 11.8 Å². The van der Waals surface area contributed by atoms with Crippen molar-refractivity contribution in [2.75, 3.05) is 32.8 Å². The van der Waals surface area contributed by atoms with Gasteiger partial charge in [0.1, 0.15) is 0 Å². The van der Waals surface area contributed by atoms with E-state index in [1.165, 1.54) is 0 Å². The predicted octanol–water partition coefficient (Wildman–Crippen LogP) is 1.27.